The van der Waals surface area contributed by atoms with Gasteiger partial charge in [-0.05, 0) is 25.0 Å². The van der Waals surface area contributed by atoms with E-state index in [4.69, 9.17) is 0 Å². The molecule has 2 nitrogen and oxygen atoms in total. The molecule has 0 aliphatic carbocycles. The van der Waals surface area contributed by atoms with E-state index in [2.05, 4.69) is 16.5 Å². The molecule has 2 rings (SSSR count). The average Bonchev–Trinajstić information content (AvgIpc) is 2.71. The zero-order chi connectivity index (χ0) is 9.97. The normalized spacial score (nSPS) is 15.9. The van der Waals surface area contributed by atoms with Gasteiger partial charge in [-0.1, -0.05) is 6.58 Å². The maximum absolute atomic E-state index is 12.7. The van der Waals surface area contributed by atoms with E-state index in [1.807, 2.05) is 6.07 Å². The second-order valence-electron chi connectivity index (χ2n) is 3.50. The molecule has 1 aliphatic rings. The van der Waals surface area contributed by atoms with Crippen molar-refractivity contribution in [3.63, 3.8) is 0 Å². The molecule has 1 saturated heterocycles. The van der Waals surface area contributed by atoms with Crippen molar-refractivity contribution in [3.05, 3.63) is 30.5 Å². The molecular formula is C11H13FN2. The van der Waals surface area contributed by atoms with E-state index in [0.717, 1.165) is 18.9 Å². The minimum atomic E-state index is -0.425. The number of hydrogen-bond acceptors (Lipinski definition) is 2. The Kier molecular flexibility index (Phi) is 2.48. The minimum Gasteiger partial charge on any atom is -0.357 e. The number of hydrogen-bond donors (Lipinski definition) is 0. The van der Waals surface area contributed by atoms with Gasteiger partial charge in [-0.3, -0.25) is 0 Å². The third-order valence-corrected chi connectivity index (χ3v) is 2.49. The van der Waals surface area contributed by atoms with E-state index in [9.17, 15) is 4.39 Å². The number of pyridine rings is 1. The van der Waals surface area contributed by atoms with E-state index in [1.165, 1.54) is 19.0 Å². The molecule has 74 valence electrons. The Morgan fingerprint density at radius 1 is 1.36 bits per heavy atom. The van der Waals surface area contributed by atoms with Gasteiger partial charge >= 0.3 is 0 Å². The smallest absolute Gasteiger partial charge is 0.128 e. The van der Waals surface area contributed by atoms with Gasteiger partial charge in [0.1, 0.15) is 11.6 Å². The monoisotopic (exact) mass is 192 g/mol. The molecule has 0 N–H and O–H groups in total. The topological polar surface area (TPSA) is 16.1 Å². The molecule has 1 fully saturated rings. The van der Waals surface area contributed by atoms with Gasteiger partial charge in [0.15, 0.2) is 0 Å². The van der Waals surface area contributed by atoms with Gasteiger partial charge in [0.2, 0.25) is 0 Å². The first-order chi connectivity index (χ1) is 6.77. The molecule has 0 bridgehead atoms. The number of aromatic nitrogens is 1. The van der Waals surface area contributed by atoms with E-state index in [0.29, 0.717) is 5.56 Å². The van der Waals surface area contributed by atoms with Gasteiger partial charge in [0.05, 0.1) is 0 Å². The van der Waals surface area contributed by atoms with Crippen LogP contribution in [0.25, 0.3) is 5.83 Å². The number of anilines is 1. The summed E-state index contributed by atoms with van der Waals surface area (Å²) < 4.78 is 12.7. The summed E-state index contributed by atoms with van der Waals surface area (Å²) >= 11 is 0. The average molecular weight is 192 g/mol. The molecule has 0 unspecified atom stereocenters. The van der Waals surface area contributed by atoms with Crippen LogP contribution in [0, 0.1) is 0 Å². The largest absolute Gasteiger partial charge is 0.357 e. The van der Waals surface area contributed by atoms with Crippen molar-refractivity contribution in [3.8, 4) is 0 Å². The lowest BCUT2D eigenvalue weighted by Gasteiger charge is -2.15. The Hall–Kier alpha value is -1.38. The number of rotatable bonds is 2. The molecule has 3 heteroatoms. The van der Waals surface area contributed by atoms with Crippen LogP contribution < -0.4 is 4.90 Å². The predicted octanol–water partition coefficient (Wildman–Crippen LogP) is 2.62. The highest BCUT2D eigenvalue weighted by atomic mass is 19.1. The van der Waals surface area contributed by atoms with Gasteiger partial charge in [-0.2, -0.15) is 0 Å². The zero-order valence-electron chi connectivity index (χ0n) is 8.04. The maximum Gasteiger partial charge on any atom is 0.128 e. The quantitative estimate of drug-likeness (QED) is 0.716. The molecule has 1 aliphatic heterocycles. The summed E-state index contributed by atoms with van der Waals surface area (Å²) in [6.45, 7) is 5.35. The summed E-state index contributed by atoms with van der Waals surface area (Å²) in [7, 11) is 0. The molecule has 0 saturated carbocycles. The first-order valence-electron chi connectivity index (χ1n) is 4.83. The van der Waals surface area contributed by atoms with Crippen molar-refractivity contribution in [2.75, 3.05) is 18.0 Å². The Bertz CT molecular complexity index is 326. The van der Waals surface area contributed by atoms with Gasteiger partial charge in [0, 0.05) is 24.8 Å². The summed E-state index contributed by atoms with van der Waals surface area (Å²) in [6.07, 6.45) is 3.98. The highest BCUT2D eigenvalue weighted by Gasteiger charge is 2.12. The third-order valence-electron chi connectivity index (χ3n) is 2.49. The fraction of sp³-hybridized carbons (Fsp3) is 0.364. The second-order valence-corrected chi connectivity index (χ2v) is 3.50. The van der Waals surface area contributed by atoms with Crippen molar-refractivity contribution in [2.45, 2.75) is 12.8 Å². The van der Waals surface area contributed by atoms with Crippen LogP contribution in [0.3, 0.4) is 0 Å². The lowest BCUT2D eigenvalue weighted by molar-refractivity contribution is 0.762. The van der Waals surface area contributed by atoms with Crippen LogP contribution in [0.5, 0.6) is 0 Å². The Labute approximate surface area is 83.1 Å². The molecule has 1 aromatic rings. The summed E-state index contributed by atoms with van der Waals surface area (Å²) in [5.41, 5.74) is 0.466. The van der Waals surface area contributed by atoms with Gasteiger partial charge in [-0.25, -0.2) is 9.37 Å². The van der Waals surface area contributed by atoms with Crippen LogP contribution in [0.2, 0.25) is 0 Å². The summed E-state index contributed by atoms with van der Waals surface area (Å²) in [5, 5.41) is 0. The van der Waals surface area contributed by atoms with Crippen LogP contribution in [-0.4, -0.2) is 18.1 Å². The van der Waals surface area contributed by atoms with Crippen molar-refractivity contribution in [1.29, 1.82) is 0 Å². The first kappa shape index (κ1) is 9.19. The molecule has 14 heavy (non-hydrogen) atoms. The maximum atomic E-state index is 12.7. The SMILES string of the molecule is C=C(F)c1ccc(N2CCCC2)nc1. The minimum absolute atomic E-state index is 0.425. The molecule has 0 spiro atoms. The van der Waals surface area contributed by atoms with Crippen molar-refractivity contribution >= 4 is 11.6 Å². The van der Waals surface area contributed by atoms with Crippen molar-refractivity contribution in [2.24, 2.45) is 0 Å². The van der Waals surface area contributed by atoms with Crippen molar-refractivity contribution in [1.82, 2.24) is 4.98 Å². The van der Waals surface area contributed by atoms with Crippen molar-refractivity contribution < 1.29 is 4.39 Å². The van der Waals surface area contributed by atoms with Gasteiger partial charge < -0.3 is 4.90 Å². The lowest BCUT2D eigenvalue weighted by atomic mass is 10.2. The standard InChI is InChI=1S/C11H13FN2/c1-9(12)10-4-5-11(13-8-10)14-6-2-3-7-14/h4-5,8H,1-3,6-7H2. The summed E-state index contributed by atoms with van der Waals surface area (Å²) in [5.74, 6) is 0.512. The van der Waals surface area contributed by atoms with Gasteiger partial charge in [0.25, 0.3) is 0 Å². The highest BCUT2D eigenvalue weighted by molar-refractivity contribution is 5.57. The van der Waals surface area contributed by atoms with E-state index in [-0.39, 0.29) is 0 Å². The van der Waals surface area contributed by atoms with E-state index < -0.39 is 5.83 Å². The fourth-order valence-electron chi connectivity index (χ4n) is 1.68. The zero-order valence-corrected chi connectivity index (χ0v) is 8.04. The number of nitrogens with zero attached hydrogens (tertiary/aromatic N) is 2. The lowest BCUT2D eigenvalue weighted by Crippen LogP contribution is -2.18. The molecule has 0 amide bonds. The molecule has 0 atom stereocenters. The summed E-state index contributed by atoms with van der Waals surface area (Å²) in [6, 6.07) is 3.58. The van der Waals surface area contributed by atoms with Crippen LogP contribution in [0.1, 0.15) is 18.4 Å². The predicted molar refractivity (Wildman–Crippen MR) is 55.8 cm³/mol. The van der Waals surface area contributed by atoms with E-state index in [1.54, 1.807) is 6.07 Å². The molecule has 1 aromatic heterocycles. The molecule has 0 aromatic carbocycles. The molecule has 0 radical (unpaired) electrons. The highest BCUT2D eigenvalue weighted by Crippen LogP contribution is 2.19. The Morgan fingerprint density at radius 3 is 2.57 bits per heavy atom. The summed E-state index contributed by atoms with van der Waals surface area (Å²) in [4.78, 5) is 6.42. The van der Waals surface area contributed by atoms with Crippen LogP contribution in [0.15, 0.2) is 24.9 Å². The Morgan fingerprint density at radius 2 is 2.07 bits per heavy atom. The second kappa shape index (κ2) is 3.78. The van der Waals surface area contributed by atoms with Crippen LogP contribution in [0.4, 0.5) is 10.2 Å². The molecular weight excluding hydrogens is 179 g/mol. The number of halogens is 1. The van der Waals surface area contributed by atoms with E-state index >= 15 is 0 Å². The van der Waals surface area contributed by atoms with Crippen LogP contribution >= 0.6 is 0 Å². The fourth-order valence-corrected chi connectivity index (χ4v) is 1.68. The molecule has 2 heterocycles. The Balaban J connectivity index is 2.16. The van der Waals surface area contributed by atoms with Gasteiger partial charge in [-0.15, -0.1) is 0 Å². The van der Waals surface area contributed by atoms with Crippen LogP contribution in [-0.2, 0) is 0 Å². The third kappa shape index (κ3) is 1.76. The first-order valence-corrected chi connectivity index (χ1v) is 4.83.